The summed E-state index contributed by atoms with van der Waals surface area (Å²) in [4.78, 5) is 24.7. The van der Waals surface area contributed by atoms with Crippen molar-refractivity contribution in [1.29, 1.82) is 0 Å². The van der Waals surface area contributed by atoms with Crippen molar-refractivity contribution in [2.24, 2.45) is 0 Å². The van der Waals surface area contributed by atoms with Crippen molar-refractivity contribution in [1.82, 2.24) is 5.32 Å². The quantitative estimate of drug-likeness (QED) is 0.287. The van der Waals surface area contributed by atoms with Crippen LogP contribution in [-0.2, 0) is 22.6 Å². The summed E-state index contributed by atoms with van der Waals surface area (Å²) < 4.78 is 10.8. The van der Waals surface area contributed by atoms with E-state index in [1.165, 1.54) is 13.2 Å². The van der Waals surface area contributed by atoms with E-state index in [4.69, 9.17) is 9.47 Å². The molecule has 0 fully saturated rings. The lowest BCUT2D eigenvalue weighted by atomic mass is 10.0. The highest BCUT2D eigenvalue weighted by Gasteiger charge is 2.20. The molecule has 0 bridgehead atoms. The third-order valence-corrected chi connectivity index (χ3v) is 4.91. The molecule has 5 nitrogen and oxygen atoms in total. The van der Waals surface area contributed by atoms with Gasteiger partial charge in [-0.05, 0) is 30.2 Å². The zero-order chi connectivity index (χ0) is 22.8. The van der Waals surface area contributed by atoms with Gasteiger partial charge < -0.3 is 14.8 Å². The SMILES string of the molecule is COC(=O)[C@H](Cc1ccc(OCc2ccccc2)cc1)NC(C)=CC(=O)c1ccccc1. The van der Waals surface area contributed by atoms with Gasteiger partial charge in [-0.15, -0.1) is 0 Å². The topological polar surface area (TPSA) is 64.6 Å². The fourth-order valence-corrected chi connectivity index (χ4v) is 3.23. The van der Waals surface area contributed by atoms with Crippen LogP contribution in [0, 0.1) is 0 Å². The number of esters is 1. The van der Waals surface area contributed by atoms with Gasteiger partial charge in [-0.1, -0.05) is 72.8 Å². The van der Waals surface area contributed by atoms with Gasteiger partial charge in [0.2, 0.25) is 0 Å². The van der Waals surface area contributed by atoms with E-state index in [1.807, 2.05) is 72.8 Å². The molecule has 3 rings (SSSR count). The Morgan fingerprint density at radius 3 is 2.12 bits per heavy atom. The molecule has 0 spiro atoms. The average Bonchev–Trinajstić information content (AvgIpc) is 2.83. The van der Waals surface area contributed by atoms with Crippen LogP contribution in [-0.4, -0.2) is 24.9 Å². The number of hydrogen-bond donors (Lipinski definition) is 1. The molecule has 32 heavy (non-hydrogen) atoms. The highest BCUT2D eigenvalue weighted by Crippen LogP contribution is 2.16. The maximum absolute atomic E-state index is 12.4. The fourth-order valence-electron chi connectivity index (χ4n) is 3.23. The molecule has 0 aliphatic rings. The maximum Gasteiger partial charge on any atom is 0.328 e. The minimum absolute atomic E-state index is 0.126. The molecule has 0 saturated carbocycles. The molecule has 0 aliphatic carbocycles. The van der Waals surface area contributed by atoms with Gasteiger partial charge in [0.15, 0.2) is 5.78 Å². The molecule has 3 aromatic rings. The number of benzene rings is 3. The molecule has 1 atom stereocenters. The van der Waals surface area contributed by atoms with Crippen LogP contribution in [0.3, 0.4) is 0 Å². The van der Waals surface area contributed by atoms with Crippen LogP contribution in [0.15, 0.2) is 96.7 Å². The Morgan fingerprint density at radius 2 is 1.50 bits per heavy atom. The summed E-state index contributed by atoms with van der Waals surface area (Å²) in [6.45, 7) is 2.25. The van der Waals surface area contributed by atoms with Crippen molar-refractivity contribution in [2.75, 3.05) is 7.11 Å². The number of ketones is 1. The number of allylic oxidation sites excluding steroid dienone is 2. The highest BCUT2D eigenvalue weighted by molar-refractivity contribution is 6.04. The lowest BCUT2D eigenvalue weighted by molar-refractivity contribution is -0.142. The summed E-state index contributed by atoms with van der Waals surface area (Å²) in [6, 6.07) is 25.9. The largest absolute Gasteiger partial charge is 0.489 e. The lowest BCUT2D eigenvalue weighted by Crippen LogP contribution is -2.38. The van der Waals surface area contributed by atoms with Crippen molar-refractivity contribution < 1.29 is 19.1 Å². The zero-order valence-electron chi connectivity index (χ0n) is 18.3. The number of rotatable bonds is 10. The molecule has 0 unspecified atom stereocenters. The van der Waals surface area contributed by atoms with Crippen LogP contribution in [0.1, 0.15) is 28.4 Å². The van der Waals surface area contributed by atoms with E-state index >= 15 is 0 Å². The van der Waals surface area contributed by atoms with Crippen LogP contribution in [0.25, 0.3) is 0 Å². The summed E-state index contributed by atoms with van der Waals surface area (Å²) in [5.74, 6) is 0.234. The first-order chi connectivity index (χ1) is 15.5. The van der Waals surface area contributed by atoms with E-state index in [2.05, 4.69) is 5.32 Å². The van der Waals surface area contributed by atoms with Crippen LogP contribution in [0.2, 0.25) is 0 Å². The molecule has 1 N–H and O–H groups in total. The minimum atomic E-state index is -0.615. The predicted octanol–water partition coefficient (Wildman–Crippen LogP) is 4.73. The Morgan fingerprint density at radius 1 is 0.875 bits per heavy atom. The first-order valence-corrected chi connectivity index (χ1v) is 10.4. The molecule has 0 aromatic heterocycles. The predicted molar refractivity (Wildman–Crippen MR) is 124 cm³/mol. The molecule has 0 amide bonds. The van der Waals surface area contributed by atoms with Gasteiger partial charge in [-0.3, -0.25) is 4.79 Å². The molecule has 164 valence electrons. The van der Waals surface area contributed by atoms with Crippen LogP contribution in [0.4, 0.5) is 0 Å². The maximum atomic E-state index is 12.4. The third-order valence-electron chi connectivity index (χ3n) is 4.91. The third kappa shape index (κ3) is 6.84. The molecular formula is C27H27NO4. The van der Waals surface area contributed by atoms with E-state index < -0.39 is 12.0 Å². The van der Waals surface area contributed by atoms with Crippen molar-refractivity contribution in [3.63, 3.8) is 0 Å². The van der Waals surface area contributed by atoms with Crippen LogP contribution < -0.4 is 10.1 Å². The van der Waals surface area contributed by atoms with Gasteiger partial charge in [0.1, 0.15) is 18.4 Å². The number of carbonyl (C=O) groups excluding carboxylic acids is 2. The second-order valence-corrected chi connectivity index (χ2v) is 7.40. The standard InChI is InChI=1S/C27H27NO4/c1-20(17-26(29)23-11-7-4-8-12-23)28-25(27(30)31-2)18-21-13-15-24(16-14-21)32-19-22-9-5-3-6-10-22/h3-17,25,28H,18-19H2,1-2H3/t25-/m0/s1. The van der Waals surface area contributed by atoms with Crippen LogP contribution in [0.5, 0.6) is 5.75 Å². The minimum Gasteiger partial charge on any atom is -0.489 e. The smallest absolute Gasteiger partial charge is 0.328 e. The summed E-state index contributed by atoms with van der Waals surface area (Å²) >= 11 is 0. The normalized spacial score (nSPS) is 12.0. The Balaban J connectivity index is 1.61. The van der Waals surface area contributed by atoms with Gasteiger partial charge in [-0.25, -0.2) is 4.79 Å². The summed E-state index contributed by atoms with van der Waals surface area (Å²) in [7, 11) is 1.35. The van der Waals surface area contributed by atoms with Crippen LogP contribution >= 0.6 is 0 Å². The van der Waals surface area contributed by atoms with E-state index in [1.54, 1.807) is 19.1 Å². The molecule has 0 heterocycles. The number of carbonyl (C=O) groups is 2. The second-order valence-electron chi connectivity index (χ2n) is 7.40. The van der Waals surface area contributed by atoms with Gasteiger partial charge in [0.25, 0.3) is 0 Å². The van der Waals surface area contributed by atoms with Crippen molar-refractivity contribution in [2.45, 2.75) is 26.0 Å². The molecule has 0 saturated heterocycles. The Hall–Kier alpha value is -3.86. The Bertz CT molecular complexity index is 1040. The first kappa shape index (κ1) is 22.8. The van der Waals surface area contributed by atoms with Gasteiger partial charge in [0.05, 0.1) is 7.11 Å². The Kier molecular flexibility index (Phi) is 8.21. The van der Waals surface area contributed by atoms with E-state index in [0.717, 1.165) is 16.9 Å². The monoisotopic (exact) mass is 429 g/mol. The second kappa shape index (κ2) is 11.5. The summed E-state index contributed by atoms with van der Waals surface area (Å²) in [5.41, 5.74) is 3.23. The van der Waals surface area contributed by atoms with Crippen molar-refractivity contribution in [3.8, 4) is 5.75 Å². The summed E-state index contributed by atoms with van der Waals surface area (Å²) in [6.07, 6.45) is 1.90. The van der Waals surface area contributed by atoms with Gasteiger partial charge in [0, 0.05) is 23.8 Å². The highest BCUT2D eigenvalue weighted by atomic mass is 16.5. The lowest BCUT2D eigenvalue weighted by Gasteiger charge is -2.18. The zero-order valence-corrected chi connectivity index (χ0v) is 18.3. The van der Waals surface area contributed by atoms with Gasteiger partial charge in [-0.2, -0.15) is 0 Å². The first-order valence-electron chi connectivity index (χ1n) is 10.4. The Labute approximate surface area is 188 Å². The van der Waals surface area contributed by atoms with Gasteiger partial charge >= 0.3 is 5.97 Å². The number of methoxy groups -OCH3 is 1. The molecule has 5 heteroatoms. The molecule has 0 aliphatic heterocycles. The van der Waals surface area contributed by atoms with E-state index in [0.29, 0.717) is 24.3 Å². The average molecular weight is 430 g/mol. The number of hydrogen-bond acceptors (Lipinski definition) is 5. The van der Waals surface area contributed by atoms with E-state index in [-0.39, 0.29) is 5.78 Å². The molecular weight excluding hydrogens is 402 g/mol. The number of nitrogens with one attached hydrogen (secondary N) is 1. The van der Waals surface area contributed by atoms with Crippen molar-refractivity contribution >= 4 is 11.8 Å². The molecule has 3 aromatic carbocycles. The van der Waals surface area contributed by atoms with E-state index in [9.17, 15) is 9.59 Å². The molecule has 0 radical (unpaired) electrons. The summed E-state index contributed by atoms with van der Waals surface area (Å²) in [5, 5.41) is 3.11. The fraction of sp³-hybridized carbons (Fsp3) is 0.185. The van der Waals surface area contributed by atoms with Crippen molar-refractivity contribution in [3.05, 3.63) is 113 Å². The number of ether oxygens (including phenoxy) is 2.